The minimum Gasteiger partial charge on any atom is -0.346 e. The zero-order valence-corrected chi connectivity index (χ0v) is 16.2. The summed E-state index contributed by atoms with van der Waals surface area (Å²) in [5, 5.41) is 3.12. The highest BCUT2D eigenvalue weighted by Crippen LogP contribution is 2.25. The third-order valence-corrected chi connectivity index (χ3v) is 6.26. The number of benzene rings is 1. The number of hydrogen-bond donors (Lipinski definition) is 2. The Kier molecular flexibility index (Phi) is 5.34. The Bertz CT molecular complexity index is 850. The summed E-state index contributed by atoms with van der Waals surface area (Å²) in [5.41, 5.74) is 1.83. The van der Waals surface area contributed by atoms with Gasteiger partial charge in [0.25, 0.3) is 0 Å². The lowest BCUT2D eigenvalue weighted by Gasteiger charge is -2.31. The van der Waals surface area contributed by atoms with E-state index >= 15 is 0 Å². The maximum Gasteiger partial charge on any atom is 0.223 e. The first-order valence-corrected chi connectivity index (χ1v) is 10.8. The highest BCUT2D eigenvalue weighted by Gasteiger charge is 2.31. The quantitative estimate of drug-likeness (QED) is 0.832. The van der Waals surface area contributed by atoms with Crippen LogP contribution in [0, 0.1) is 11.8 Å². The summed E-state index contributed by atoms with van der Waals surface area (Å²) in [6, 6.07) is 7.58. The molecule has 1 aliphatic heterocycles. The fourth-order valence-corrected chi connectivity index (χ4v) is 4.27. The van der Waals surface area contributed by atoms with E-state index in [0.717, 1.165) is 16.9 Å². The minimum absolute atomic E-state index is 0.0303. The molecule has 26 heavy (non-hydrogen) atoms. The van der Waals surface area contributed by atoms with Crippen molar-refractivity contribution in [2.75, 3.05) is 19.3 Å². The number of sulfonamides is 1. The Balaban J connectivity index is 1.69. The molecule has 0 aliphatic carbocycles. The number of hydrogen-bond acceptors (Lipinski definition) is 4. The fraction of sp³-hybridized carbons (Fsp3) is 0.556. The van der Waals surface area contributed by atoms with Crippen molar-refractivity contribution in [2.24, 2.45) is 11.8 Å². The van der Waals surface area contributed by atoms with Crippen molar-refractivity contribution in [1.29, 1.82) is 0 Å². The molecule has 1 unspecified atom stereocenters. The van der Waals surface area contributed by atoms with Crippen LogP contribution in [0.1, 0.15) is 38.6 Å². The van der Waals surface area contributed by atoms with Gasteiger partial charge >= 0.3 is 0 Å². The summed E-state index contributed by atoms with van der Waals surface area (Å²) in [7, 11) is -3.18. The van der Waals surface area contributed by atoms with Gasteiger partial charge < -0.3 is 10.3 Å². The van der Waals surface area contributed by atoms with Crippen LogP contribution in [0.2, 0.25) is 0 Å². The van der Waals surface area contributed by atoms with Gasteiger partial charge in [-0.2, -0.15) is 0 Å². The van der Waals surface area contributed by atoms with Crippen LogP contribution in [0.15, 0.2) is 24.3 Å². The van der Waals surface area contributed by atoms with Gasteiger partial charge in [0.15, 0.2) is 0 Å². The summed E-state index contributed by atoms with van der Waals surface area (Å²) in [5.74, 6) is 0.731. The first-order valence-electron chi connectivity index (χ1n) is 8.96. The standard InChI is InChI=1S/C18H26N4O3S/c1-12(2)16(17-19-14-6-4-5-7-15(14)20-17)21-18(23)13-8-10-22(11-9-13)26(3,24)25/h4-7,12-13,16H,8-11H2,1-3H3,(H,19,20)(H,21,23). The number of fused-ring (bicyclic) bond motifs is 1. The number of nitrogens with zero attached hydrogens (tertiary/aromatic N) is 2. The van der Waals surface area contributed by atoms with E-state index in [2.05, 4.69) is 15.3 Å². The number of carbonyl (C=O) groups excluding carboxylic acids is 1. The third-order valence-electron chi connectivity index (χ3n) is 4.96. The van der Waals surface area contributed by atoms with Gasteiger partial charge in [0.1, 0.15) is 5.82 Å². The smallest absolute Gasteiger partial charge is 0.223 e. The predicted octanol–water partition coefficient (Wildman–Crippen LogP) is 2.05. The van der Waals surface area contributed by atoms with Crippen molar-refractivity contribution in [3.05, 3.63) is 30.1 Å². The number of nitrogens with one attached hydrogen (secondary N) is 2. The molecule has 1 aliphatic rings. The number of carbonyl (C=O) groups is 1. The maximum atomic E-state index is 12.7. The predicted molar refractivity (Wildman–Crippen MR) is 101 cm³/mol. The van der Waals surface area contributed by atoms with Crippen molar-refractivity contribution in [2.45, 2.75) is 32.7 Å². The lowest BCUT2D eigenvalue weighted by Crippen LogP contribution is -2.44. The minimum atomic E-state index is -3.18. The Morgan fingerprint density at radius 1 is 1.27 bits per heavy atom. The zero-order valence-electron chi connectivity index (χ0n) is 15.4. The number of imidazole rings is 1. The molecule has 0 bridgehead atoms. The normalized spacial score (nSPS) is 18.3. The molecular weight excluding hydrogens is 352 g/mol. The number of aromatic nitrogens is 2. The summed E-state index contributed by atoms with van der Waals surface area (Å²) >= 11 is 0. The Morgan fingerprint density at radius 3 is 2.50 bits per heavy atom. The molecule has 1 amide bonds. The van der Waals surface area contributed by atoms with Crippen LogP contribution in [-0.2, 0) is 14.8 Å². The molecule has 1 atom stereocenters. The SMILES string of the molecule is CC(C)C(NC(=O)C1CCN(S(C)(=O)=O)CC1)c1nc2ccccc2[nH]1. The molecule has 1 saturated heterocycles. The Morgan fingerprint density at radius 2 is 1.92 bits per heavy atom. The van der Waals surface area contributed by atoms with E-state index in [-0.39, 0.29) is 23.8 Å². The summed E-state index contributed by atoms with van der Waals surface area (Å²) in [6.07, 6.45) is 2.30. The van der Waals surface area contributed by atoms with Crippen molar-refractivity contribution in [1.82, 2.24) is 19.6 Å². The zero-order chi connectivity index (χ0) is 18.9. The van der Waals surface area contributed by atoms with Crippen LogP contribution >= 0.6 is 0 Å². The van der Waals surface area contributed by atoms with Crippen molar-refractivity contribution < 1.29 is 13.2 Å². The van der Waals surface area contributed by atoms with Crippen LogP contribution < -0.4 is 5.32 Å². The van der Waals surface area contributed by atoms with Crippen LogP contribution in [0.5, 0.6) is 0 Å². The second-order valence-corrected chi connectivity index (χ2v) is 9.29. The van der Waals surface area contributed by atoms with Crippen molar-refractivity contribution >= 4 is 27.0 Å². The van der Waals surface area contributed by atoms with E-state index in [9.17, 15) is 13.2 Å². The molecule has 1 aromatic carbocycles. The molecule has 0 saturated carbocycles. The molecule has 1 fully saturated rings. The van der Waals surface area contributed by atoms with Gasteiger partial charge in [-0.05, 0) is 30.9 Å². The molecule has 142 valence electrons. The summed E-state index contributed by atoms with van der Waals surface area (Å²) in [6.45, 7) is 4.89. The average molecular weight is 378 g/mol. The molecule has 3 rings (SSSR count). The third kappa shape index (κ3) is 4.07. The van der Waals surface area contributed by atoms with Crippen LogP contribution in [0.25, 0.3) is 11.0 Å². The topological polar surface area (TPSA) is 95.2 Å². The molecule has 2 aromatic rings. The van der Waals surface area contributed by atoms with E-state index in [1.54, 1.807) is 0 Å². The second-order valence-electron chi connectivity index (χ2n) is 7.31. The van der Waals surface area contributed by atoms with Crippen molar-refractivity contribution in [3.63, 3.8) is 0 Å². The largest absolute Gasteiger partial charge is 0.346 e. The van der Waals surface area contributed by atoms with E-state index in [1.165, 1.54) is 10.6 Å². The first kappa shape index (κ1) is 18.8. The van der Waals surface area contributed by atoms with Gasteiger partial charge in [-0.15, -0.1) is 0 Å². The van der Waals surface area contributed by atoms with Gasteiger partial charge in [-0.1, -0.05) is 26.0 Å². The Hall–Kier alpha value is -1.93. The van der Waals surface area contributed by atoms with Gasteiger partial charge in [-0.3, -0.25) is 4.79 Å². The molecule has 0 spiro atoms. The fourth-order valence-electron chi connectivity index (χ4n) is 3.39. The van der Waals surface area contributed by atoms with Crippen molar-refractivity contribution in [3.8, 4) is 0 Å². The summed E-state index contributed by atoms with van der Waals surface area (Å²) < 4.78 is 24.7. The molecular formula is C18H26N4O3S. The lowest BCUT2D eigenvalue weighted by molar-refractivity contribution is -0.127. The maximum absolute atomic E-state index is 12.7. The molecule has 7 nitrogen and oxygen atoms in total. The molecule has 2 heterocycles. The molecule has 1 aromatic heterocycles. The van der Waals surface area contributed by atoms with E-state index < -0.39 is 10.0 Å². The lowest BCUT2D eigenvalue weighted by atomic mass is 9.95. The van der Waals surface area contributed by atoms with Gasteiger partial charge in [0.2, 0.25) is 15.9 Å². The number of para-hydroxylation sites is 2. The van der Waals surface area contributed by atoms with E-state index in [1.807, 2.05) is 38.1 Å². The number of piperidine rings is 1. The van der Waals surface area contributed by atoms with Gasteiger partial charge in [0.05, 0.1) is 23.3 Å². The van der Waals surface area contributed by atoms with Gasteiger partial charge in [0, 0.05) is 19.0 Å². The average Bonchev–Trinajstić information content (AvgIpc) is 3.02. The number of H-pyrrole nitrogens is 1. The first-order chi connectivity index (χ1) is 12.3. The molecule has 0 radical (unpaired) electrons. The number of amides is 1. The van der Waals surface area contributed by atoms with Crippen LogP contribution in [0.4, 0.5) is 0 Å². The van der Waals surface area contributed by atoms with Crippen LogP contribution in [0.3, 0.4) is 0 Å². The highest BCUT2D eigenvalue weighted by molar-refractivity contribution is 7.88. The summed E-state index contributed by atoms with van der Waals surface area (Å²) in [4.78, 5) is 20.7. The van der Waals surface area contributed by atoms with E-state index in [4.69, 9.17) is 0 Å². The second kappa shape index (κ2) is 7.36. The number of aromatic amines is 1. The monoisotopic (exact) mass is 378 g/mol. The number of rotatable bonds is 5. The van der Waals surface area contributed by atoms with Gasteiger partial charge in [-0.25, -0.2) is 17.7 Å². The van der Waals surface area contributed by atoms with E-state index in [0.29, 0.717) is 25.9 Å². The highest BCUT2D eigenvalue weighted by atomic mass is 32.2. The van der Waals surface area contributed by atoms with Crippen LogP contribution in [-0.4, -0.2) is 47.9 Å². The molecule has 2 N–H and O–H groups in total. The molecule has 8 heteroatoms. The Labute approximate surface area is 154 Å².